The molecule has 27 heavy (non-hydrogen) atoms. The first-order valence-corrected chi connectivity index (χ1v) is 9.49. The zero-order valence-corrected chi connectivity index (χ0v) is 15.3. The van der Waals surface area contributed by atoms with Crippen molar-refractivity contribution < 1.29 is 44.0 Å². The van der Waals surface area contributed by atoms with Crippen molar-refractivity contribution >= 4 is 22.3 Å². The van der Waals surface area contributed by atoms with Crippen molar-refractivity contribution in [2.75, 3.05) is 13.1 Å². The molecule has 0 unspecified atom stereocenters. The number of nitrogens with zero attached hydrogens (tertiary/aromatic N) is 1. The molecule has 1 aliphatic heterocycles. The number of aromatic carboxylic acids is 1. The zero-order chi connectivity index (χ0) is 21.1. The molecule has 154 valence electrons. The Hall–Kier alpha value is -2.08. The maximum atomic E-state index is 13.1. The fraction of sp³-hybridized carbons (Fsp3) is 0.467. The molecule has 1 aromatic carbocycles. The van der Waals surface area contributed by atoms with Gasteiger partial charge in [0.15, 0.2) is 0 Å². The molecule has 2 rings (SSSR count). The molecule has 0 aliphatic carbocycles. The largest absolute Gasteiger partial charge is 0.478 e. The lowest BCUT2D eigenvalue weighted by Crippen LogP contribution is -2.62. The van der Waals surface area contributed by atoms with Crippen LogP contribution in [-0.4, -0.2) is 45.9 Å². The van der Waals surface area contributed by atoms with Crippen molar-refractivity contribution in [3.05, 3.63) is 29.3 Å². The van der Waals surface area contributed by atoms with Crippen LogP contribution < -0.4 is 0 Å². The molecule has 1 saturated heterocycles. The minimum absolute atomic E-state index is 0.0143. The molecule has 1 aromatic rings. The van der Waals surface area contributed by atoms with E-state index in [1.165, 1.54) is 0 Å². The first-order chi connectivity index (χ1) is 11.7. The van der Waals surface area contributed by atoms with Gasteiger partial charge in [-0.25, -0.2) is 9.59 Å². The molecule has 6 nitrogen and oxygen atoms in total. The van der Waals surface area contributed by atoms with Gasteiger partial charge in [-0.2, -0.15) is 0 Å². The highest BCUT2D eigenvalue weighted by atomic mass is 32.5. The van der Waals surface area contributed by atoms with Gasteiger partial charge in [0.2, 0.25) is 0 Å². The number of amides is 1. The molecule has 0 saturated carbocycles. The van der Waals surface area contributed by atoms with E-state index in [4.69, 9.17) is 9.84 Å². The molecule has 0 radical (unpaired) electrons. The number of carboxylic acids is 1. The zero-order valence-electron chi connectivity index (χ0n) is 14.5. The highest BCUT2D eigenvalue weighted by molar-refractivity contribution is 8.45. The van der Waals surface area contributed by atoms with Crippen LogP contribution in [0.1, 0.15) is 36.7 Å². The van der Waals surface area contributed by atoms with E-state index in [2.05, 4.69) is 0 Å². The predicted molar refractivity (Wildman–Crippen MR) is 86.5 cm³/mol. The number of halogens is 5. The first-order valence-electron chi connectivity index (χ1n) is 7.53. The Morgan fingerprint density at radius 3 is 2.04 bits per heavy atom. The van der Waals surface area contributed by atoms with Gasteiger partial charge in [0.25, 0.3) is 0 Å². The molecule has 1 aliphatic rings. The molecular weight excluding hydrogens is 401 g/mol. The quantitative estimate of drug-likeness (QED) is 0.706. The lowest BCUT2D eigenvalue weighted by molar-refractivity contribution is -0.103. The Morgan fingerprint density at radius 1 is 1.11 bits per heavy atom. The lowest BCUT2D eigenvalue weighted by atomic mass is 9.85. The summed E-state index contributed by atoms with van der Waals surface area (Å²) in [5, 5.41) is 19.3. The van der Waals surface area contributed by atoms with E-state index in [0.717, 1.165) is 4.90 Å². The smallest absolute Gasteiger partial charge is 0.410 e. The Labute approximate surface area is 151 Å². The van der Waals surface area contributed by atoms with Crippen LogP contribution in [0, 0.1) is 0 Å². The minimum Gasteiger partial charge on any atom is -0.478 e. The number of aliphatic hydroxyl groups is 1. The number of rotatable bonds is 3. The molecular formula is C15H18F5NO5S. The number of hydrogen-bond donors (Lipinski definition) is 2. The number of ether oxygens (including phenoxy) is 1. The molecule has 1 heterocycles. The Kier molecular flexibility index (Phi) is 4.13. The third-order valence-electron chi connectivity index (χ3n) is 3.69. The number of likely N-dealkylation sites (tertiary alicyclic amines) is 1. The minimum atomic E-state index is -10.2. The van der Waals surface area contributed by atoms with Gasteiger partial charge in [0.1, 0.15) is 16.1 Å². The molecule has 0 aromatic heterocycles. The van der Waals surface area contributed by atoms with Crippen LogP contribution >= 0.6 is 10.2 Å². The van der Waals surface area contributed by atoms with Crippen LogP contribution in [0.4, 0.5) is 24.2 Å². The van der Waals surface area contributed by atoms with Gasteiger partial charge < -0.3 is 19.8 Å². The van der Waals surface area contributed by atoms with Gasteiger partial charge in [0.05, 0.1) is 18.7 Å². The van der Waals surface area contributed by atoms with Crippen LogP contribution in [0.25, 0.3) is 0 Å². The first kappa shape index (κ1) is 21.2. The average molecular weight is 419 g/mol. The summed E-state index contributed by atoms with van der Waals surface area (Å²) in [7, 11) is -10.2. The molecule has 12 heteroatoms. The third kappa shape index (κ3) is 4.80. The van der Waals surface area contributed by atoms with Crippen LogP contribution in [0.2, 0.25) is 0 Å². The van der Waals surface area contributed by atoms with E-state index in [1.807, 2.05) is 0 Å². The van der Waals surface area contributed by atoms with Gasteiger partial charge >= 0.3 is 22.3 Å². The summed E-state index contributed by atoms with van der Waals surface area (Å²) < 4.78 is 70.6. The van der Waals surface area contributed by atoms with Crippen molar-refractivity contribution in [2.24, 2.45) is 0 Å². The number of carbonyl (C=O) groups excluding carboxylic acids is 1. The fourth-order valence-electron chi connectivity index (χ4n) is 2.44. The van der Waals surface area contributed by atoms with Gasteiger partial charge in [0, 0.05) is 0 Å². The Morgan fingerprint density at radius 2 is 1.63 bits per heavy atom. The van der Waals surface area contributed by atoms with E-state index in [1.54, 1.807) is 20.8 Å². The number of β-amino-alcohol motifs (C(OH)–C–C–N with tert-alkyl or cyclic N) is 1. The second kappa shape index (κ2) is 5.25. The monoisotopic (exact) mass is 419 g/mol. The Balaban J connectivity index is 2.39. The van der Waals surface area contributed by atoms with Crippen molar-refractivity contribution in [3.63, 3.8) is 0 Å². The summed E-state index contributed by atoms with van der Waals surface area (Å²) in [6.45, 7) is 3.66. The molecule has 2 N–H and O–H groups in total. The van der Waals surface area contributed by atoms with Crippen LogP contribution in [0.3, 0.4) is 0 Å². The number of hydrogen-bond acceptors (Lipinski definition) is 4. The van der Waals surface area contributed by atoms with Gasteiger partial charge in [-0.15, -0.1) is 0 Å². The lowest BCUT2D eigenvalue weighted by Gasteiger charge is -2.47. The van der Waals surface area contributed by atoms with E-state index >= 15 is 0 Å². The standard InChI is InChI=1S/C15H18F5NO5S/c1-14(2,3)26-13(24)21-7-15(25,8-21)10-4-9(12(22)23)5-11(6-10)27(16,17,18,19)20/h4-6,25H,7-8H2,1-3H3,(H,22,23). The molecule has 0 bridgehead atoms. The maximum absolute atomic E-state index is 13.1. The normalized spacial score (nSPS) is 19.5. The summed E-state index contributed by atoms with van der Waals surface area (Å²) in [5.74, 6) is -1.87. The Bertz CT molecular complexity index is 813. The number of carboxylic acid groups (broad SMARTS) is 1. The van der Waals surface area contributed by atoms with Crippen LogP contribution in [0.15, 0.2) is 23.1 Å². The molecule has 0 atom stereocenters. The van der Waals surface area contributed by atoms with Gasteiger partial charge in [-0.1, -0.05) is 19.4 Å². The van der Waals surface area contributed by atoms with Crippen LogP contribution in [0.5, 0.6) is 0 Å². The SMILES string of the molecule is CC(C)(C)OC(=O)N1CC(O)(c2cc(C(=O)O)cc(S(F)(F)(F)(F)F)c2)C1. The van der Waals surface area contributed by atoms with E-state index < -0.39 is 62.6 Å². The van der Waals surface area contributed by atoms with Crippen molar-refractivity contribution in [3.8, 4) is 0 Å². The van der Waals surface area contributed by atoms with E-state index in [0.29, 0.717) is 6.07 Å². The second-order valence-corrected chi connectivity index (χ2v) is 9.80. The molecule has 0 spiro atoms. The third-order valence-corrected chi connectivity index (χ3v) is 4.82. The van der Waals surface area contributed by atoms with E-state index in [-0.39, 0.29) is 12.1 Å². The summed E-state index contributed by atoms with van der Waals surface area (Å²) in [6, 6.07) is 0.503. The summed E-state index contributed by atoms with van der Waals surface area (Å²) in [4.78, 5) is 21.4. The highest BCUT2D eigenvalue weighted by Crippen LogP contribution is 3.02. The van der Waals surface area contributed by atoms with Crippen molar-refractivity contribution in [1.29, 1.82) is 0 Å². The fourth-order valence-corrected chi connectivity index (χ4v) is 3.14. The number of carbonyl (C=O) groups is 2. The molecule has 1 fully saturated rings. The van der Waals surface area contributed by atoms with Gasteiger partial charge in [-0.05, 0) is 44.5 Å². The second-order valence-electron chi connectivity index (χ2n) is 7.39. The predicted octanol–water partition coefficient (Wildman–Crippen LogP) is 4.48. The maximum Gasteiger partial charge on any atom is 0.410 e. The summed E-state index contributed by atoms with van der Waals surface area (Å²) in [6.07, 6.45) is -0.852. The average Bonchev–Trinajstić information content (AvgIpc) is 2.38. The van der Waals surface area contributed by atoms with E-state index in [9.17, 15) is 34.1 Å². The summed E-state index contributed by atoms with van der Waals surface area (Å²) >= 11 is 0. The van der Waals surface area contributed by atoms with Crippen molar-refractivity contribution in [1.82, 2.24) is 4.90 Å². The van der Waals surface area contributed by atoms with Crippen molar-refractivity contribution in [2.45, 2.75) is 36.9 Å². The van der Waals surface area contributed by atoms with Crippen LogP contribution in [-0.2, 0) is 10.3 Å². The number of benzene rings is 1. The highest BCUT2D eigenvalue weighted by Gasteiger charge is 2.66. The van der Waals surface area contributed by atoms with Gasteiger partial charge in [-0.3, -0.25) is 0 Å². The topological polar surface area (TPSA) is 87.1 Å². The summed E-state index contributed by atoms with van der Waals surface area (Å²) in [5.41, 5.74) is -4.70. The molecule has 1 amide bonds.